The van der Waals surface area contributed by atoms with Crippen molar-refractivity contribution in [2.75, 3.05) is 0 Å². The summed E-state index contributed by atoms with van der Waals surface area (Å²) in [4.78, 5) is 0.668. The summed E-state index contributed by atoms with van der Waals surface area (Å²) < 4.78 is 24.5. The molecule has 1 aromatic rings. The van der Waals surface area contributed by atoms with Crippen LogP contribution in [0.1, 0.15) is 25.0 Å². The number of fused-ring (bicyclic) bond motifs is 1. The van der Waals surface area contributed by atoms with Gasteiger partial charge < -0.3 is 5.73 Å². The minimum absolute atomic E-state index is 0.292. The Balaban J connectivity index is 2.70. The second-order valence-corrected chi connectivity index (χ2v) is 6.66. The SMILES string of the molecule is Cc1ccc2c(c1)S(=O)(=O)C(C(C)(C)N)=C2. The fourth-order valence-electron chi connectivity index (χ4n) is 1.86. The molecule has 0 bridgehead atoms. The predicted molar refractivity (Wildman–Crippen MR) is 64.6 cm³/mol. The van der Waals surface area contributed by atoms with Crippen LogP contribution >= 0.6 is 0 Å². The van der Waals surface area contributed by atoms with Gasteiger partial charge in [0.05, 0.1) is 9.80 Å². The predicted octanol–water partition coefficient (Wildman–Crippen LogP) is 1.86. The van der Waals surface area contributed by atoms with Crippen LogP contribution in [0.25, 0.3) is 6.08 Å². The number of hydrogen-bond donors (Lipinski definition) is 1. The summed E-state index contributed by atoms with van der Waals surface area (Å²) in [6, 6.07) is 5.41. The Morgan fingerprint density at radius 1 is 1.25 bits per heavy atom. The van der Waals surface area contributed by atoms with Gasteiger partial charge in [0, 0.05) is 5.54 Å². The second-order valence-electron chi connectivity index (χ2n) is 4.77. The highest BCUT2D eigenvalue weighted by Crippen LogP contribution is 2.37. The van der Waals surface area contributed by atoms with E-state index in [1.165, 1.54) is 0 Å². The van der Waals surface area contributed by atoms with Gasteiger partial charge in [-0.2, -0.15) is 0 Å². The average molecular weight is 237 g/mol. The Kier molecular flexibility index (Phi) is 2.26. The monoisotopic (exact) mass is 237 g/mol. The maximum absolute atomic E-state index is 12.2. The van der Waals surface area contributed by atoms with Gasteiger partial charge in [0.15, 0.2) is 0 Å². The first-order valence-corrected chi connectivity index (χ1v) is 6.58. The van der Waals surface area contributed by atoms with Gasteiger partial charge in [-0.15, -0.1) is 0 Å². The number of sulfone groups is 1. The van der Waals surface area contributed by atoms with Crippen molar-refractivity contribution in [2.24, 2.45) is 5.73 Å². The summed E-state index contributed by atoms with van der Waals surface area (Å²) in [7, 11) is -3.39. The maximum atomic E-state index is 12.2. The van der Waals surface area contributed by atoms with Crippen molar-refractivity contribution in [1.29, 1.82) is 0 Å². The summed E-state index contributed by atoms with van der Waals surface area (Å²) in [6.07, 6.45) is 1.67. The topological polar surface area (TPSA) is 60.2 Å². The Labute approximate surface area is 95.9 Å². The molecule has 0 saturated heterocycles. The van der Waals surface area contributed by atoms with Gasteiger partial charge in [-0.05, 0) is 44.0 Å². The van der Waals surface area contributed by atoms with E-state index in [1.54, 1.807) is 26.0 Å². The van der Waals surface area contributed by atoms with Crippen LogP contribution in [0.4, 0.5) is 0 Å². The molecule has 0 aliphatic carbocycles. The normalized spacial score (nSPS) is 18.1. The molecular formula is C12H15NO2S. The summed E-state index contributed by atoms with van der Waals surface area (Å²) in [5.74, 6) is 0. The molecule has 16 heavy (non-hydrogen) atoms. The number of hydrogen-bond acceptors (Lipinski definition) is 3. The van der Waals surface area contributed by atoms with Crippen molar-refractivity contribution in [1.82, 2.24) is 0 Å². The Bertz CT molecular complexity index is 578. The van der Waals surface area contributed by atoms with Gasteiger partial charge in [-0.25, -0.2) is 8.42 Å². The molecule has 3 nitrogen and oxygen atoms in total. The highest BCUT2D eigenvalue weighted by molar-refractivity contribution is 7.96. The fourth-order valence-corrected chi connectivity index (χ4v) is 3.85. The lowest BCUT2D eigenvalue weighted by Gasteiger charge is -2.19. The highest BCUT2D eigenvalue weighted by Gasteiger charge is 2.36. The van der Waals surface area contributed by atoms with Crippen molar-refractivity contribution in [2.45, 2.75) is 31.2 Å². The van der Waals surface area contributed by atoms with E-state index in [0.29, 0.717) is 9.80 Å². The molecule has 0 radical (unpaired) electrons. The van der Waals surface area contributed by atoms with Gasteiger partial charge in [0.2, 0.25) is 9.84 Å². The minimum atomic E-state index is -3.39. The summed E-state index contributed by atoms with van der Waals surface area (Å²) in [5, 5.41) is 0. The quantitative estimate of drug-likeness (QED) is 0.811. The zero-order valence-electron chi connectivity index (χ0n) is 9.61. The van der Waals surface area contributed by atoms with Crippen molar-refractivity contribution >= 4 is 15.9 Å². The van der Waals surface area contributed by atoms with E-state index in [9.17, 15) is 8.42 Å². The van der Waals surface area contributed by atoms with Gasteiger partial charge >= 0.3 is 0 Å². The van der Waals surface area contributed by atoms with E-state index in [4.69, 9.17) is 5.73 Å². The van der Waals surface area contributed by atoms with Crippen LogP contribution in [0.15, 0.2) is 28.0 Å². The lowest BCUT2D eigenvalue weighted by Crippen LogP contribution is -2.36. The molecule has 1 heterocycles. The molecule has 1 aliphatic heterocycles. The van der Waals surface area contributed by atoms with Crippen molar-refractivity contribution in [3.8, 4) is 0 Å². The fraction of sp³-hybridized carbons (Fsp3) is 0.333. The van der Waals surface area contributed by atoms with Crippen LogP contribution in [0.3, 0.4) is 0 Å². The average Bonchev–Trinajstić information content (AvgIpc) is 2.38. The third-order valence-electron chi connectivity index (χ3n) is 2.67. The third kappa shape index (κ3) is 1.58. The molecule has 1 aromatic carbocycles. The molecule has 0 unspecified atom stereocenters. The van der Waals surface area contributed by atoms with E-state index in [1.807, 2.05) is 19.1 Å². The molecule has 0 amide bonds. The van der Waals surface area contributed by atoms with Crippen LogP contribution in [0.2, 0.25) is 0 Å². The summed E-state index contributed by atoms with van der Waals surface area (Å²) in [6.45, 7) is 5.28. The second kappa shape index (κ2) is 3.18. The maximum Gasteiger partial charge on any atom is 0.205 e. The first-order chi connectivity index (χ1) is 7.23. The van der Waals surface area contributed by atoms with E-state index in [0.717, 1.165) is 11.1 Å². The van der Waals surface area contributed by atoms with Gasteiger partial charge in [-0.1, -0.05) is 12.1 Å². The molecule has 1 aliphatic rings. The minimum Gasteiger partial charge on any atom is -0.321 e. The molecule has 0 atom stereocenters. The van der Waals surface area contributed by atoms with Crippen LogP contribution in [0.5, 0.6) is 0 Å². The lowest BCUT2D eigenvalue weighted by molar-refractivity contribution is 0.582. The molecule has 0 fully saturated rings. The third-order valence-corrected chi connectivity index (χ3v) is 4.83. The molecule has 2 N–H and O–H groups in total. The number of nitrogens with two attached hydrogens (primary N) is 1. The van der Waals surface area contributed by atoms with E-state index in [2.05, 4.69) is 0 Å². The van der Waals surface area contributed by atoms with Gasteiger partial charge in [-0.3, -0.25) is 0 Å². The summed E-state index contributed by atoms with van der Waals surface area (Å²) >= 11 is 0. The van der Waals surface area contributed by atoms with Gasteiger partial charge in [0.1, 0.15) is 0 Å². The zero-order chi connectivity index (χ0) is 12.1. The van der Waals surface area contributed by atoms with Crippen LogP contribution in [-0.4, -0.2) is 14.0 Å². The van der Waals surface area contributed by atoms with Crippen molar-refractivity contribution in [3.05, 3.63) is 34.2 Å². The van der Waals surface area contributed by atoms with Crippen LogP contribution in [0, 0.1) is 6.92 Å². The Morgan fingerprint density at radius 3 is 2.44 bits per heavy atom. The van der Waals surface area contributed by atoms with Crippen LogP contribution < -0.4 is 5.73 Å². The molecule has 2 rings (SSSR count). The molecule has 4 heteroatoms. The van der Waals surface area contributed by atoms with Crippen molar-refractivity contribution < 1.29 is 8.42 Å². The first-order valence-electron chi connectivity index (χ1n) is 5.10. The molecule has 0 aromatic heterocycles. The Hall–Kier alpha value is -1.13. The lowest BCUT2D eigenvalue weighted by atomic mass is 10.0. The molecule has 0 saturated carbocycles. The van der Waals surface area contributed by atoms with E-state index in [-0.39, 0.29) is 0 Å². The van der Waals surface area contributed by atoms with Crippen molar-refractivity contribution in [3.63, 3.8) is 0 Å². The molecular weight excluding hydrogens is 222 g/mol. The zero-order valence-corrected chi connectivity index (χ0v) is 10.4. The van der Waals surface area contributed by atoms with E-state index >= 15 is 0 Å². The smallest absolute Gasteiger partial charge is 0.205 e. The highest BCUT2D eigenvalue weighted by atomic mass is 32.2. The number of benzene rings is 1. The summed E-state index contributed by atoms with van der Waals surface area (Å²) in [5.41, 5.74) is 6.72. The first kappa shape index (κ1) is 11.4. The number of aryl methyl sites for hydroxylation is 1. The largest absolute Gasteiger partial charge is 0.321 e. The standard InChI is InChI=1S/C12H15NO2S/c1-8-4-5-9-7-11(12(2,3)13)16(14,15)10(9)6-8/h4-7H,13H2,1-3H3. The molecule has 0 spiro atoms. The van der Waals surface area contributed by atoms with Gasteiger partial charge in [0.25, 0.3) is 0 Å². The Morgan fingerprint density at radius 2 is 1.88 bits per heavy atom. The molecule has 86 valence electrons. The van der Waals surface area contributed by atoms with E-state index < -0.39 is 15.4 Å². The number of rotatable bonds is 1. The van der Waals surface area contributed by atoms with Crippen LogP contribution in [-0.2, 0) is 9.84 Å².